The van der Waals surface area contributed by atoms with E-state index in [1.165, 1.54) is 5.56 Å². The molecule has 1 atom stereocenters. The van der Waals surface area contributed by atoms with Crippen molar-refractivity contribution in [3.05, 3.63) is 89.6 Å². The summed E-state index contributed by atoms with van der Waals surface area (Å²) >= 11 is 0. The van der Waals surface area contributed by atoms with Crippen LogP contribution in [0.3, 0.4) is 0 Å². The second-order valence-electron chi connectivity index (χ2n) is 11.6. The van der Waals surface area contributed by atoms with Crippen molar-refractivity contribution in [2.75, 3.05) is 38.5 Å². The molecule has 1 aromatic carbocycles. The zero-order valence-electron chi connectivity index (χ0n) is 24.8. The fourth-order valence-electron chi connectivity index (χ4n) is 5.69. The van der Waals surface area contributed by atoms with Crippen molar-refractivity contribution in [3.8, 4) is 11.5 Å². The van der Waals surface area contributed by atoms with Crippen LogP contribution in [-0.4, -0.2) is 80.0 Å². The van der Waals surface area contributed by atoms with Crippen LogP contribution in [0.1, 0.15) is 41.9 Å². The summed E-state index contributed by atoms with van der Waals surface area (Å²) < 4.78 is 5.78. The molecule has 10 nitrogen and oxygen atoms in total. The highest BCUT2D eigenvalue weighted by Crippen LogP contribution is 2.23. The number of hydrogen-bond acceptors (Lipinski definition) is 10. The maximum absolute atomic E-state index is 12.6. The first-order valence-corrected chi connectivity index (χ1v) is 15.0. The number of carbonyl (C=O) groups excluding carboxylic acids is 1. The number of piperidine rings is 1. The Morgan fingerprint density at radius 3 is 2.37 bits per heavy atom. The van der Waals surface area contributed by atoms with Gasteiger partial charge in [-0.25, -0.2) is 24.9 Å². The molecule has 0 spiro atoms. The first kappa shape index (κ1) is 28.8. The molecule has 2 fully saturated rings. The van der Waals surface area contributed by atoms with Gasteiger partial charge in [0.25, 0.3) is 0 Å². The van der Waals surface area contributed by atoms with E-state index in [4.69, 9.17) is 9.72 Å². The van der Waals surface area contributed by atoms with Crippen molar-refractivity contribution in [1.82, 2.24) is 34.7 Å². The number of nitrogens with one attached hydrogen (secondary N) is 1. The number of aromatic nitrogens is 5. The Balaban J connectivity index is 0.994. The number of likely N-dealkylation sites (N-methyl/N-ethyl adjacent to an activating group) is 1. The van der Waals surface area contributed by atoms with Gasteiger partial charge in [-0.05, 0) is 81.7 Å². The van der Waals surface area contributed by atoms with Gasteiger partial charge in [0.2, 0.25) is 0 Å². The first-order valence-electron chi connectivity index (χ1n) is 15.0. The van der Waals surface area contributed by atoms with Gasteiger partial charge in [-0.1, -0.05) is 30.3 Å². The largest absolute Gasteiger partial charge is 0.461 e. The minimum absolute atomic E-state index is 0.00728. The van der Waals surface area contributed by atoms with Crippen molar-refractivity contribution in [2.24, 2.45) is 5.92 Å². The minimum atomic E-state index is -0.00728. The number of anilines is 2. The van der Waals surface area contributed by atoms with Crippen LogP contribution in [-0.2, 0) is 22.5 Å². The molecule has 0 saturated carbocycles. The number of likely N-dealkylation sites (tertiary alicyclic amines) is 2. The number of rotatable bonds is 9. The quantitative estimate of drug-likeness (QED) is 0.287. The summed E-state index contributed by atoms with van der Waals surface area (Å²) in [5.41, 5.74) is 4.06. The van der Waals surface area contributed by atoms with E-state index in [1.807, 2.05) is 37.3 Å². The molecular formula is C33H38N8O2. The molecule has 5 heterocycles. The highest BCUT2D eigenvalue weighted by atomic mass is 16.5. The summed E-state index contributed by atoms with van der Waals surface area (Å²) in [6, 6.07) is 18.1. The van der Waals surface area contributed by atoms with Gasteiger partial charge in [0.15, 0.2) is 5.82 Å². The monoisotopic (exact) mass is 578 g/mol. The summed E-state index contributed by atoms with van der Waals surface area (Å²) in [5.74, 6) is 2.62. The maximum Gasteiger partial charge on any atom is 0.309 e. The molecule has 222 valence electrons. The number of hydrogen-bond donors (Lipinski definition) is 1. The van der Waals surface area contributed by atoms with Gasteiger partial charge in [-0.15, -0.1) is 0 Å². The van der Waals surface area contributed by atoms with Gasteiger partial charge in [0, 0.05) is 44.1 Å². The lowest BCUT2D eigenvalue weighted by Gasteiger charge is -2.31. The number of esters is 1. The second-order valence-corrected chi connectivity index (χ2v) is 11.6. The first-order chi connectivity index (χ1) is 21.0. The number of pyridine rings is 1. The van der Waals surface area contributed by atoms with E-state index in [1.54, 1.807) is 12.4 Å². The molecule has 6 rings (SSSR count). The van der Waals surface area contributed by atoms with Crippen LogP contribution in [0.4, 0.5) is 11.6 Å². The lowest BCUT2D eigenvalue weighted by Crippen LogP contribution is -2.37. The predicted molar refractivity (Wildman–Crippen MR) is 165 cm³/mol. The van der Waals surface area contributed by atoms with E-state index < -0.39 is 0 Å². The second kappa shape index (κ2) is 13.4. The summed E-state index contributed by atoms with van der Waals surface area (Å²) in [4.78, 5) is 40.0. The van der Waals surface area contributed by atoms with Crippen LogP contribution in [0.15, 0.2) is 67.0 Å². The van der Waals surface area contributed by atoms with Gasteiger partial charge in [-0.2, -0.15) is 0 Å². The predicted octanol–water partition coefficient (Wildman–Crippen LogP) is 4.43. The average molecular weight is 579 g/mol. The zero-order valence-corrected chi connectivity index (χ0v) is 24.8. The number of nitrogens with zero attached hydrogens (tertiary/aromatic N) is 7. The van der Waals surface area contributed by atoms with Crippen LogP contribution >= 0.6 is 0 Å². The Bertz CT molecular complexity index is 1540. The third-order valence-electron chi connectivity index (χ3n) is 8.08. The molecule has 0 amide bonds. The lowest BCUT2D eigenvalue weighted by atomic mass is 9.96. The molecule has 10 heteroatoms. The Hall–Kier alpha value is -4.28. The third-order valence-corrected chi connectivity index (χ3v) is 8.08. The highest BCUT2D eigenvalue weighted by molar-refractivity contribution is 5.72. The topological polar surface area (TPSA) is 109 Å². The Morgan fingerprint density at radius 2 is 1.63 bits per heavy atom. The van der Waals surface area contributed by atoms with Gasteiger partial charge in [0.05, 0.1) is 5.92 Å². The van der Waals surface area contributed by atoms with Gasteiger partial charge in [0.1, 0.15) is 29.3 Å². The van der Waals surface area contributed by atoms with Crippen molar-refractivity contribution in [3.63, 3.8) is 0 Å². The van der Waals surface area contributed by atoms with E-state index in [-0.39, 0.29) is 18.0 Å². The number of ether oxygens (including phenoxy) is 1. The van der Waals surface area contributed by atoms with Crippen LogP contribution in [0.5, 0.6) is 0 Å². The normalized spacial score (nSPS) is 18.0. The van der Waals surface area contributed by atoms with Crippen molar-refractivity contribution in [2.45, 2.75) is 45.3 Å². The minimum Gasteiger partial charge on any atom is -0.461 e. The Labute approximate surface area is 252 Å². The number of benzene rings is 1. The van der Waals surface area contributed by atoms with E-state index in [2.05, 4.69) is 66.4 Å². The molecule has 0 unspecified atom stereocenters. The SMILES string of the molecule is Cc1cccc(-c2nccc(Nc3ccnc(Cc4ccc(CN5CCC(C(=O)O[C@@H]6CCN(C)C6)CC5)cc4)n3)n2)n1. The van der Waals surface area contributed by atoms with E-state index in [0.29, 0.717) is 23.9 Å². The molecule has 2 saturated heterocycles. The van der Waals surface area contributed by atoms with Gasteiger partial charge in [-0.3, -0.25) is 9.69 Å². The summed E-state index contributed by atoms with van der Waals surface area (Å²) in [7, 11) is 2.07. The number of aryl methyl sites for hydroxylation is 1. The molecule has 0 radical (unpaired) electrons. The Kier molecular flexibility index (Phi) is 8.95. The molecule has 43 heavy (non-hydrogen) atoms. The van der Waals surface area contributed by atoms with Crippen molar-refractivity contribution < 1.29 is 9.53 Å². The van der Waals surface area contributed by atoms with E-state index in [0.717, 1.165) is 74.8 Å². The molecule has 0 bridgehead atoms. The summed E-state index contributed by atoms with van der Waals surface area (Å²) in [6.45, 7) is 6.51. The molecule has 2 aliphatic rings. The standard InChI is InChI=1S/C33H38N8O2/c1-23-4-3-5-28(36-23)32-35-16-11-30(39-32)37-29-10-15-34-31(38-29)20-24-6-8-25(9-7-24)21-41-18-12-26(13-19-41)33(42)43-27-14-17-40(2)22-27/h3-11,15-16,26-27H,12-14,17-22H2,1-2H3,(H,34,35,37,38,39)/t27-/m1/s1. The summed E-state index contributed by atoms with van der Waals surface area (Å²) in [5, 5.41) is 3.27. The third kappa shape index (κ3) is 7.77. The summed E-state index contributed by atoms with van der Waals surface area (Å²) in [6.07, 6.45) is 6.83. The molecular weight excluding hydrogens is 540 g/mol. The van der Waals surface area contributed by atoms with Crippen molar-refractivity contribution in [1.29, 1.82) is 0 Å². The van der Waals surface area contributed by atoms with E-state index in [9.17, 15) is 4.79 Å². The van der Waals surface area contributed by atoms with Crippen LogP contribution in [0, 0.1) is 12.8 Å². The highest BCUT2D eigenvalue weighted by Gasteiger charge is 2.30. The Morgan fingerprint density at radius 1 is 0.884 bits per heavy atom. The number of carbonyl (C=O) groups is 1. The molecule has 1 N–H and O–H groups in total. The zero-order chi connectivity index (χ0) is 29.6. The molecule has 4 aromatic rings. The smallest absolute Gasteiger partial charge is 0.309 e. The van der Waals surface area contributed by atoms with Crippen molar-refractivity contribution >= 4 is 17.6 Å². The fraction of sp³-hybridized carbons (Fsp3) is 0.394. The average Bonchev–Trinajstić information content (AvgIpc) is 3.43. The van der Waals surface area contributed by atoms with E-state index >= 15 is 0 Å². The fourth-order valence-corrected chi connectivity index (χ4v) is 5.69. The van der Waals surface area contributed by atoms with Gasteiger partial charge < -0.3 is 15.0 Å². The molecule has 2 aliphatic heterocycles. The van der Waals surface area contributed by atoms with Crippen LogP contribution < -0.4 is 5.32 Å². The van der Waals surface area contributed by atoms with Gasteiger partial charge >= 0.3 is 5.97 Å². The molecule has 0 aliphatic carbocycles. The lowest BCUT2D eigenvalue weighted by molar-refractivity contribution is -0.155. The van der Waals surface area contributed by atoms with Crippen LogP contribution in [0.2, 0.25) is 0 Å². The van der Waals surface area contributed by atoms with Crippen LogP contribution in [0.25, 0.3) is 11.5 Å². The maximum atomic E-state index is 12.6. The molecule has 3 aromatic heterocycles.